The molecule has 2 aromatic rings. The van der Waals surface area contributed by atoms with Gasteiger partial charge in [0, 0.05) is 24.3 Å². The van der Waals surface area contributed by atoms with E-state index in [-0.39, 0.29) is 5.54 Å². The molecule has 2 N–H and O–H groups in total. The number of benzene rings is 1. The highest BCUT2D eigenvalue weighted by atomic mass is 16.4. The van der Waals surface area contributed by atoms with Gasteiger partial charge in [-0.1, -0.05) is 12.1 Å². The Balaban J connectivity index is 2.02. The molecule has 0 bridgehead atoms. The fourth-order valence-electron chi connectivity index (χ4n) is 2.68. The van der Waals surface area contributed by atoms with Gasteiger partial charge in [0.25, 0.3) is 0 Å². The highest BCUT2D eigenvalue weighted by Crippen LogP contribution is 2.21. The standard InChI is InChI=1S/C18H25N3O2/c1-12-16(13(2)21(20-12)18(3,4)5)11-19-10-14-6-8-15(9-7-14)17(22)23/h6-9,19H,10-11H2,1-5H3,(H,22,23). The molecule has 5 nitrogen and oxygen atoms in total. The summed E-state index contributed by atoms with van der Waals surface area (Å²) >= 11 is 0. The van der Waals surface area contributed by atoms with Crippen molar-refractivity contribution in [2.75, 3.05) is 0 Å². The van der Waals surface area contributed by atoms with Crippen LogP contribution in [0.1, 0.15) is 53.6 Å². The van der Waals surface area contributed by atoms with E-state index in [4.69, 9.17) is 5.11 Å². The number of carboxylic acids is 1. The van der Waals surface area contributed by atoms with Crippen LogP contribution in [0.25, 0.3) is 0 Å². The Bertz CT molecular complexity index is 694. The van der Waals surface area contributed by atoms with Crippen LogP contribution < -0.4 is 5.32 Å². The van der Waals surface area contributed by atoms with Crippen LogP contribution in [0.5, 0.6) is 0 Å². The van der Waals surface area contributed by atoms with Gasteiger partial charge in [-0.05, 0) is 52.3 Å². The lowest BCUT2D eigenvalue weighted by Gasteiger charge is -2.21. The van der Waals surface area contributed by atoms with Gasteiger partial charge < -0.3 is 10.4 Å². The van der Waals surface area contributed by atoms with Gasteiger partial charge in [0.15, 0.2) is 0 Å². The molecule has 0 radical (unpaired) electrons. The molecule has 1 heterocycles. The van der Waals surface area contributed by atoms with Gasteiger partial charge in [0.1, 0.15) is 0 Å². The Morgan fingerprint density at radius 2 is 1.78 bits per heavy atom. The van der Waals surface area contributed by atoms with E-state index in [1.807, 2.05) is 19.1 Å². The minimum atomic E-state index is -0.898. The fourth-order valence-corrected chi connectivity index (χ4v) is 2.68. The summed E-state index contributed by atoms with van der Waals surface area (Å²) in [5.74, 6) is -0.898. The van der Waals surface area contributed by atoms with Crippen molar-refractivity contribution in [1.29, 1.82) is 0 Å². The SMILES string of the molecule is Cc1nn(C(C)(C)C)c(C)c1CNCc1ccc(C(=O)O)cc1. The first kappa shape index (κ1) is 17.2. The molecule has 0 amide bonds. The van der Waals surface area contributed by atoms with Crippen LogP contribution in [-0.2, 0) is 18.6 Å². The van der Waals surface area contributed by atoms with Gasteiger partial charge in [-0.2, -0.15) is 5.10 Å². The molecule has 5 heteroatoms. The Morgan fingerprint density at radius 3 is 2.26 bits per heavy atom. The molecule has 0 saturated heterocycles. The molecule has 1 aromatic heterocycles. The van der Waals surface area contributed by atoms with Gasteiger partial charge in [-0.25, -0.2) is 4.79 Å². The molecule has 124 valence electrons. The molecule has 1 aromatic carbocycles. The Morgan fingerprint density at radius 1 is 1.17 bits per heavy atom. The maximum Gasteiger partial charge on any atom is 0.335 e. The van der Waals surface area contributed by atoms with Crippen LogP contribution in [0.15, 0.2) is 24.3 Å². The van der Waals surface area contributed by atoms with Crippen molar-refractivity contribution >= 4 is 5.97 Å². The molecule has 0 atom stereocenters. The van der Waals surface area contributed by atoms with Crippen molar-refractivity contribution in [3.63, 3.8) is 0 Å². The second-order valence-corrected chi connectivity index (χ2v) is 6.84. The lowest BCUT2D eigenvalue weighted by Crippen LogP contribution is -2.24. The number of rotatable bonds is 5. The van der Waals surface area contributed by atoms with Crippen molar-refractivity contribution < 1.29 is 9.90 Å². The van der Waals surface area contributed by atoms with Crippen molar-refractivity contribution in [2.45, 2.75) is 53.2 Å². The lowest BCUT2D eigenvalue weighted by molar-refractivity contribution is 0.0697. The third kappa shape index (κ3) is 3.99. The van der Waals surface area contributed by atoms with Crippen LogP contribution in [0, 0.1) is 13.8 Å². The molecule has 2 rings (SSSR count). The second-order valence-electron chi connectivity index (χ2n) is 6.84. The zero-order chi connectivity index (χ0) is 17.2. The van der Waals surface area contributed by atoms with E-state index in [2.05, 4.69) is 42.8 Å². The van der Waals surface area contributed by atoms with Crippen LogP contribution in [0.4, 0.5) is 0 Å². The summed E-state index contributed by atoms with van der Waals surface area (Å²) in [4.78, 5) is 10.8. The largest absolute Gasteiger partial charge is 0.478 e. The van der Waals surface area contributed by atoms with Crippen LogP contribution >= 0.6 is 0 Å². The molecular weight excluding hydrogens is 290 g/mol. The van der Waals surface area contributed by atoms with E-state index in [1.165, 1.54) is 11.3 Å². The van der Waals surface area contributed by atoms with Crippen molar-refractivity contribution in [1.82, 2.24) is 15.1 Å². The fraction of sp³-hybridized carbons (Fsp3) is 0.444. The van der Waals surface area contributed by atoms with Gasteiger partial charge in [-0.15, -0.1) is 0 Å². The summed E-state index contributed by atoms with van der Waals surface area (Å²) < 4.78 is 2.07. The third-order valence-corrected chi connectivity index (χ3v) is 3.91. The quantitative estimate of drug-likeness (QED) is 0.889. The number of carbonyl (C=O) groups is 1. The summed E-state index contributed by atoms with van der Waals surface area (Å²) in [7, 11) is 0. The van der Waals surface area contributed by atoms with E-state index in [9.17, 15) is 4.79 Å². The Kier molecular flexibility index (Phi) is 4.90. The van der Waals surface area contributed by atoms with Crippen molar-refractivity contribution in [3.05, 3.63) is 52.3 Å². The second kappa shape index (κ2) is 6.54. The maximum atomic E-state index is 10.8. The molecule has 0 unspecified atom stereocenters. The van der Waals surface area contributed by atoms with Gasteiger partial charge in [0.2, 0.25) is 0 Å². The first-order valence-corrected chi connectivity index (χ1v) is 7.78. The summed E-state index contributed by atoms with van der Waals surface area (Å²) in [6.45, 7) is 12.0. The predicted molar refractivity (Wildman–Crippen MR) is 90.6 cm³/mol. The topological polar surface area (TPSA) is 67.2 Å². The van der Waals surface area contributed by atoms with E-state index in [0.717, 1.165) is 17.8 Å². The molecule has 0 spiro atoms. The number of aryl methyl sites for hydroxylation is 1. The minimum Gasteiger partial charge on any atom is -0.478 e. The molecule has 23 heavy (non-hydrogen) atoms. The first-order valence-electron chi connectivity index (χ1n) is 7.78. The van der Waals surface area contributed by atoms with Gasteiger partial charge in [0.05, 0.1) is 16.8 Å². The molecule has 0 saturated carbocycles. The third-order valence-electron chi connectivity index (χ3n) is 3.91. The van der Waals surface area contributed by atoms with Crippen LogP contribution in [0.2, 0.25) is 0 Å². The normalized spacial score (nSPS) is 11.7. The Labute approximate surface area is 137 Å². The smallest absolute Gasteiger partial charge is 0.335 e. The zero-order valence-corrected chi connectivity index (χ0v) is 14.5. The summed E-state index contributed by atoms with van der Waals surface area (Å²) in [5, 5.41) is 17.0. The van der Waals surface area contributed by atoms with E-state index in [0.29, 0.717) is 12.1 Å². The highest BCUT2D eigenvalue weighted by Gasteiger charge is 2.20. The van der Waals surface area contributed by atoms with E-state index < -0.39 is 5.97 Å². The molecule has 0 aliphatic carbocycles. The highest BCUT2D eigenvalue weighted by molar-refractivity contribution is 5.87. The van der Waals surface area contributed by atoms with Crippen LogP contribution in [0.3, 0.4) is 0 Å². The predicted octanol–water partition coefficient (Wildman–Crippen LogP) is 3.24. The summed E-state index contributed by atoms with van der Waals surface area (Å²) in [6.07, 6.45) is 0. The number of hydrogen-bond acceptors (Lipinski definition) is 3. The number of aromatic carboxylic acids is 1. The Hall–Kier alpha value is -2.14. The van der Waals surface area contributed by atoms with E-state index in [1.54, 1.807) is 12.1 Å². The lowest BCUT2D eigenvalue weighted by atomic mass is 10.1. The monoisotopic (exact) mass is 315 g/mol. The number of nitrogens with one attached hydrogen (secondary N) is 1. The summed E-state index contributed by atoms with van der Waals surface area (Å²) in [6, 6.07) is 6.95. The summed E-state index contributed by atoms with van der Waals surface area (Å²) in [5.41, 5.74) is 4.80. The van der Waals surface area contributed by atoms with Crippen molar-refractivity contribution in [2.24, 2.45) is 0 Å². The minimum absolute atomic E-state index is 0.0280. The average molecular weight is 315 g/mol. The molecule has 0 fully saturated rings. The van der Waals surface area contributed by atoms with Crippen molar-refractivity contribution in [3.8, 4) is 0 Å². The van der Waals surface area contributed by atoms with Crippen LogP contribution in [-0.4, -0.2) is 20.9 Å². The van der Waals surface area contributed by atoms with Gasteiger partial charge in [-0.3, -0.25) is 4.68 Å². The number of carboxylic acid groups (broad SMARTS) is 1. The van der Waals surface area contributed by atoms with E-state index >= 15 is 0 Å². The first-order chi connectivity index (χ1) is 10.7. The molecule has 0 aliphatic heterocycles. The number of nitrogens with zero attached hydrogens (tertiary/aromatic N) is 2. The molecule has 0 aliphatic rings. The number of aromatic nitrogens is 2. The average Bonchev–Trinajstić information content (AvgIpc) is 2.75. The zero-order valence-electron chi connectivity index (χ0n) is 14.5. The number of hydrogen-bond donors (Lipinski definition) is 2. The van der Waals surface area contributed by atoms with Gasteiger partial charge >= 0.3 is 5.97 Å². The maximum absolute atomic E-state index is 10.8. The molecular formula is C18H25N3O2.